The van der Waals surface area contributed by atoms with Crippen LogP contribution in [-0.4, -0.2) is 57.9 Å². The smallest absolute Gasteiger partial charge is 0.408 e. The fraction of sp³-hybridized carbons (Fsp3) is 0.625. The Morgan fingerprint density at radius 1 is 1.18 bits per heavy atom. The van der Waals surface area contributed by atoms with E-state index < -0.39 is 23.8 Å². The predicted molar refractivity (Wildman–Crippen MR) is 130 cm³/mol. The molecule has 2 atom stereocenters. The van der Waals surface area contributed by atoms with Crippen molar-refractivity contribution in [2.75, 3.05) is 12.3 Å². The molecule has 1 aromatic rings. The number of phenolic OH excluding ortho intramolecular Hbond substituents is 1. The molecule has 0 aromatic heterocycles. The number of nitrogens with one attached hydrogen (secondary N) is 2. The number of unbranched alkanes of at least 4 members (excludes halogenated alkanes) is 2. The van der Waals surface area contributed by atoms with E-state index in [0.717, 1.165) is 32.1 Å². The van der Waals surface area contributed by atoms with E-state index >= 15 is 0 Å². The highest BCUT2D eigenvalue weighted by molar-refractivity contribution is 7.80. The van der Waals surface area contributed by atoms with Crippen LogP contribution in [0, 0.1) is 0 Å². The molecule has 0 spiro atoms. The van der Waals surface area contributed by atoms with Crippen LogP contribution in [0.3, 0.4) is 0 Å². The summed E-state index contributed by atoms with van der Waals surface area (Å²) in [5.41, 5.74) is -0.117. The van der Waals surface area contributed by atoms with Crippen LogP contribution >= 0.6 is 12.6 Å². The Morgan fingerprint density at radius 2 is 1.82 bits per heavy atom. The van der Waals surface area contributed by atoms with Gasteiger partial charge in [0.15, 0.2) is 0 Å². The van der Waals surface area contributed by atoms with E-state index in [1.165, 1.54) is 12.1 Å². The Morgan fingerprint density at radius 3 is 2.33 bits per heavy atom. The fourth-order valence-corrected chi connectivity index (χ4v) is 3.71. The lowest BCUT2D eigenvalue weighted by Crippen LogP contribution is -2.54. The molecule has 2 rings (SSSR count). The van der Waals surface area contributed by atoms with Crippen LogP contribution in [0.4, 0.5) is 4.79 Å². The molecule has 1 saturated carbocycles. The summed E-state index contributed by atoms with van der Waals surface area (Å²) in [6.45, 7) is 7.82. The van der Waals surface area contributed by atoms with E-state index in [0.29, 0.717) is 12.1 Å². The summed E-state index contributed by atoms with van der Waals surface area (Å²) < 4.78 is 5.30. The summed E-state index contributed by atoms with van der Waals surface area (Å²) in [5.74, 6) is -0.542. The Bertz CT molecular complexity index is 805. The Hall–Kier alpha value is -2.42. The summed E-state index contributed by atoms with van der Waals surface area (Å²) >= 11 is 4.27. The van der Waals surface area contributed by atoms with Gasteiger partial charge >= 0.3 is 6.09 Å². The van der Waals surface area contributed by atoms with E-state index in [4.69, 9.17) is 4.74 Å². The molecular formula is C24H37N3O5S. The first kappa shape index (κ1) is 26.8. The maximum Gasteiger partial charge on any atom is 0.408 e. The molecule has 184 valence electrons. The number of carbonyl (C=O) groups is 3. The van der Waals surface area contributed by atoms with Crippen molar-refractivity contribution in [3.63, 3.8) is 0 Å². The molecule has 3 amide bonds. The third-order valence-corrected chi connectivity index (χ3v) is 5.55. The van der Waals surface area contributed by atoms with Gasteiger partial charge in [-0.25, -0.2) is 4.79 Å². The van der Waals surface area contributed by atoms with E-state index in [9.17, 15) is 19.5 Å². The van der Waals surface area contributed by atoms with Crippen LogP contribution in [-0.2, 0) is 14.3 Å². The van der Waals surface area contributed by atoms with Gasteiger partial charge in [-0.15, -0.1) is 0 Å². The molecule has 1 aromatic carbocycles. The standard InChI is InChI=1S/C24H37N3O5S/c1-5-6-7-14-25-21(29)20(16-8-12-18(28)13-9-16)27(17-10-11-17)22(30)19(15-33)26-23(31)32-24(2,3)4/h8-9,12-13,17,19-20,28,33H,5-7,10-11,14-15H2,1-4H3,(H,25,29)(H,26,31). The van der Waals surface area contributed by atoms with Crippen molar-refractivity contribution in [2.24, 2.45) is 0 Å². The highest BCUT2D eigenvalue weighted by Gasteiger charge is 2.43. The molecule has 1 fully saturated rings. The number of nitrogens with zero attached hydrogens (tertiary/aromatic N) is 1. The van der Waals surface area contributed by atoms with Crippen molar-refractivity contribution >= 4 is 30.5 Å². The average Bonchev–Trinajstić information content (AvgIpc) is 3.57. The summed E-state index contributed by atoms with van der Waals surface area (Å²) in [6.07, 6.45) is 3.71. The molecule has 0 bridgehead atoms. The van der Waals surface area contributed by atoms with Crippen molar-refractivity contribution in [1.29, 1.82) is 0 Å². The Labute approximate surface area is 201 Å². The maximum atomic E-state index is 13.6. The van der Waals surface area contributed by atoms with Crippen LogP contribution in [0.1, 0.15) is 71.4 Å². The highest BCUT2D eigenvalue weighted by atomic mass is 32.1. The second kappa shape index (κ2) is 12.2. The lowest BCUT2D eigenvalue weighted by atomic mass is 10.0. The summed E-state index contributed by atoms with van der Waals surface area (Å²) in [6, 6.07) is 4.34. The fourth-order valence-electron chi connectivity index (χ4n) is 3.46. The van der Waals surface area contributed by atoms with Crippen molar-refractivity contribution in [1.82, 2.24) is 15.5 Å². The third kappa shape index (κ3) is 8.46. The first-order valence-corrected chi connectivity index (χ1v) is 12.2. The van der Waals surface area contributed by atoms with Crippen LogP contribution < -0.4 is 10.6 Å². The molecular weight excluding hydrogens is 442 g/mol. The van der Waals surface area contributed by atoms with Gasteiger partial charge in [0.25, 0.3) is 0 Å². The van der Waals surface area contributed by atoms with Gasteiger partial charge in [0.1, 0.15) is 23.4 Å². The quantitative estimate of drug-likeness (QED) is 0.287. The minimum absolute atomic E-state index is 0.0573. The van der Waals surface area contributed by atoms with E-state index in [2.05, 4.69) is 30.2 Å². The zero-order chi connectivity index (χ0) is 24.6. The molecule has 9 heteroatoms. The topological polar surface area (TPSA) is 108 Å². The normalized spacial score (nSPS) is 15.3. The van der Waals surface area contributed by atoms with Crippen molar-refractivity contribution in [2.45, 2.75) is 83.5 Å². The number of phenols is 1. The number of carbonyl (C=O) groups excluding carboxylic acids is 3. The lowest BCUT2D eigenvalue weighted by Gasteiger charge is -2.34. The summed E-state index contributed by atoms with van der Waals surface area (Å²) in [4.78, 5) is 40.8. The van der Waals surface area contributed by atoms with Gasteiger partial charge in [-0.1, -0.05) is 31.9 Å². The molecule has 0 heterocycles. The molecule has 0 saturated heterocycles. The maximum absolute atomic E-state index is 13.6. The number of aromatic hydroxyl groups is 1. The first-order valence-electron chi connectivity index (χ1n) is 11.6. The minimum atomic E-state index is -0.948. The van der Waals surface area contributed by atoms with Gasteiger partial charge in [0.05, 0.1) is 0 Å². The SMILES string of the molecule is CCCCCNC(=O)C(c1ccc(O)cc1)N(C(=O)C(CS)NC(=O)OC(C)(C)C)C1CC1. The minimum Gasteiger partial charge on any atom is -0.508 e. The monoisotopic (exact) mass is 479 g/mol. The third-order valence-electron chi connectivity index (χ3n) is 5.18. The van der Waals surface area contributed by atoms with E-state index in [1.54, 1.807) is 37.8 Å². The van der Waals surface area contributed by atoms with Crippen LogP contribution in [0.25, 0.3) is 0 Å². The number of hydrogen-bond donors (Lipinski definition) is 4. The zero-order valence-corrected chi connectivity index (χ0v) is 20.9. The predicted octanol–water partition coefficient (Wildman–Crippen LogP) is 3.55. The molecule has 2 unspecified atom stereocenters. The Balaban J connectivity index is 2.29. The molecule has 1 aliphatic carbocycles. The van der Waals surface area contributed by atoms with Crippen molar-refractivity contribution < 1.29 is 24.2 Å². The zero-order valence-electron chi connectivity index (χ0n) is 20.0. The lowest BCUT2D eigenvalue weighted by molar-refractivity contribution is -0.142. The van der Waals surface area contributed by atoms with Gasteiger partial charge < -0.3 is 25.4 Å². The van der Waals surface area contributed by atoms with Gasteiger partial charge in [0, 0.05) is 18.3 Å². The van der Waals surface area contributed by atoms with E-state index in [-0.39, 0.29) is 29.4 Å². The van der Waals surface area contributed by atoms with Crippen molar-refractivity contribution in [3.05, 3.63) is 29.8 Å². The largest absolute Gasteiger partial charge is 0.508 e. The van der Waals surface area contributed by atoms with Gasteiger partial charge in [0.2, 0.25) is 11.8 Å². The molecule has 3 N–H and O–H groups in total. The molecule has 0 radical (unpaired) electrons. The van der Waals surface area contributed by atoms with Crippen LogP contribution in [0.15, 0.2) is 24.3 Å². The van der Waals surface area contributed by atoms with Crippen LogP contribution in [0.2, 0.25) is 0 Å². The number of thiol groups is 1. The molecule has 33 heavy (non-hydrogen) atoms. The highest BCUT2D eigenvalue weighted by Crippen LogP contribution is 2.36. The number of benzene rings is 1. The second-order valence-electron chi connectivity index (χ2n) is 9.35. The average molecular weight is 480 g/mol. The molecule has 1 aliphatic rings. The summed E-state index contributed by atoms with van der Waals surface area (Å²) in [7, 11) is 0. The first-order chi connectivity index (χ1) is 15.6. The van der Waals surface area contributed by atoms with E-state index in [1.807, 2.05) is 0 Å². The number of alkyl carbamates (subject to hydrolysis) is 1. The van der Waals surface area contributed by atoms with Crippen LogP contribution in [0.5, 0.6) is 5.75 Å². The number of rotatable bonds is 11. The molecule has 0 aliphatic heterocycles. The number of ether oxygens (including phenoxy) is 1. The van der Waals surface area contributed by atoms with Crippen molar-refractivity contribution in [3.8, 4) is 5.75 Å². The Kier molecular flexibility index (Phi) is 9.88. The van der Waals surface area contributed by atoms with Gasteiger partial charge in [-0.3, -0.25) is 9.59 Å². The second-order valence-corrected chi connectivity index (χ2v) is 9.72. The summed E-state index contributed by atoms with van der Waals surface area (Å²) in [5, 5.41) is 15.3. The molecule has 8 nitrogen and oxygen atoms in total. The van der Waals surface area contributed by atoms with Gasteiger partial charge in [-0.2, -0.15) is 12.6 Å². The van der Waals surface area contributed by atoms with Gasteiger partial charge in [-0.05, 0) is 57.7 Å². The number of amides is 3. The number of hydrogen-bond acceptors (Lipinski definition) is 6.